The molecule has 1 amide bonds. The zero-order valence-corrected chi connectivity index (χ0v) is 16.4. The Morgan fingerprint density at radius 2 is 2.00 bits per heavy atom. The first-order chi connectivity index (χ1) is 13.1. The van der Waals surface area contributed by atoms with Gasteiger partial charge in [0.1, 0.15) is 5.75 Å². The summed E-state index contributed by atoms with van der Waals surface area (Å²) in [5.74, 6) is 1.93. The van der Waals surface area contributed by atoms with E-state index in [1.807, 2.05) is 36.2 Å². The molecule has 0 spiro atoms. The maximum atomic E-state index is 12.5. The molecule has 3 rings (SSSR count). The summed E-state index contributed by atoms with van der Waals surface area (Å²) >= 11 is 0. The summed E-state index contributed by atoms with van der Waals surface area (Å²) in [6.07, 6.45) is 2.92. The molecule has 146 valence electrons. The van der Waals surface area contributed by atoms with Gasteiger partial charge in [0, 0.05) is 44.6 Å². The molecule has 1 aliphatic rings. The number of likely N-dealkylation sites (tertiary alicyclic amines) is 1. The Bertz CT molecular complexity index is 736. The van der Waals surface area contributed by atoms with E-state index in [-0.39, 0.29) is 5.91 Å². The van der Waals surface area contributed by atoms with E-state index in [0.717, 1.165) is 43.8 Å². The summed E-state index contributed by atoms with van der Waals surface area (Å²) in [7, 11) is 3.54. The number of aromatic nitrogens is 2. The van der Waals surface area contributed by atoms with Crippen LogP contribution in [0.4, 0.5) is 0 Å². The van der Waals surface area contributed by atoms with Crippen LogP contribution in [0, 0.1) is 0 Å². The molecule has 7 heteroatoms. The minimum absolute atomic E-state index is 0.133. The van der Waals surface area contributed by atoms with Crippen molar-refractivity contribution in [2.24, 2.45) is 0 Å². The number of benzene rings is 1. The van der Waals surface area contributed by atoms with Crippen LogP contribution < -0.4 is 4.74 Å². The van der Waals surface area contributed by atoms with E-state index in [2.05, 4.69) is 22.0 Å². The molecule has 0 bridgehead atoms. The van der Waals surface area contributed by atoms with Crippen LogP contribution in [0.2, 0.25) is 0 Å². The molecule has 1 aliphatic heterocycles. The maximum absolute atomic E-state index is 12.5. The summed E-state index contributed by atoms with van der Waals surface area (Å²) < 4.78 is 10.5. The normalized spacial score (nSPS) is 15.7. The Hall–Kier alpha value is -2.41. The first-order valence-corrected chi connectivity index (χ1v) is 9.55. The standard InChI is InChI=1S/C20H28N4O3/c1-4-24-13-11-16(12-14-24)23(2)19(25)10-9-18-21-20(22-27-18)15-5-7-17(26-3)8-6-15/h5-8,16H,4,9-14H2,1-3H3. The minimum atomic E-state index is 0.133. The number of ether oxygens (including phenoxy) is 1. The second-order valence-corrected chi connectivity index (χ2v) is 6.91. The average molecular weight is 372 g/mol. The van der Waals surface area contributed by atoms with Gasteiger partial charge in [-0.2, -0.15) is 4.98 Å². The van der Waals surface area contributed by atoms with E-state index in [0.29, 0.717) is 30.6 Å². The summed E-state index contributed by atoms with van der Waals surface area (Å²) in [5, 5.41) is 4.01. The molecule has 2 heterocycles. The van der Waals surface area contributed by atoms with Crippen molar-refractivity contribution in [2.75, 3.05) is 33.8 Å². The van der Waals surface area contributed by atoms with Crippen molar-refractivity contribution < 1.29 is 14.1 Å². The van der Waals surface area contributed by atoms with Crippen LogP contribution in [-0.4, -0.2) is 65.7 Å². The Morgan fingerprint density at radius 3 is 2.63 bits per heavy atom. The van der Waals surface area contributed by atoms with Crippen LogP contribution >= 0.6 is 0 Å². The van der Waals surface area contributed by atoms with Crippen molar-refractivity contribution in [1.82, 2.24) is 19.9 Å². The fourth-order valence-corrected chi connectivity index (χ4v) is 3.43. The summed E-state index contributed by atoms with van der Waals surface area (Å²) in [5.41, 5.74) is 0.858. The van der Waals surface area contributed by atoms with Crippen LogP contribution in [0.15, 0.2) is 28.8 Å². The van der Waals surface area contributed by atoms with Gasteiger partial charge in [-0.3, -0.25) is 4.79 Å². The average Bonchev–Trinajstić information content (AvgIpc) is 3.20. The third kappa shape index (κ3) is 4.86. The van der Waals surface area contributed by atoms with Gasteiger partial charge < -0.3 is 19.1 Å². The van der Waals surface area contributed by atoms with Crippen LogP contribution in [0.1, 0.15) is 32.1 Å². The van der Waals surface area contributed by atoms with Crippen LogP contribution in [-0.2, 0) is 11.2 Å². The molecule has 0 aliphatic carbocycles. The van der Waals surface area contributed by atoms with Gasteiger partial charge in [-0.15, -0.1) is 0 Å². The molecule has 0 unspecified atom stereocenters. The third-order valence-corrected chi connectivity index (χ3v) is 5.31. The zero-order chi connectivity index (χ0) is 19.2. The number of amides is 1. The number of aryl methyl sites for hydroxylation is 1. The smallest absolute Gasteiger partial charge is 0.227 e. The topological polar surface area (TPSA) is 71.7 Å². The molecular formula is C20H28N4O3. The molecule has 1 aromatic carbocycles. The highest BCUT2D eigenvalue weighted by Crippen LogP contribution is 2.20. The van der Waals surface area contributed by atoms with Crippen molar-refractivity contribution >= 4 is 5.91 Å². The predicted octanol–water partition coefficient (Wildman–Crippen LogP) is 2.62. The summed E-state index contributed by atoms with van der Waals surface area (Å²) in [4.78, 5) is 21.2. The molecule has 0 N–H and O–H groups in total. The number of carbonyl (C=O) groups is 1. The molecule has 0 atom stereocenters. The highest BCUT2D eigenvalue weighted by atomic mass is 16.5. The minimum Gasteiger partial charge on any atom is -0.497 e. The van der Waals surface area contributed by atoms with Gasteiger partial charge in [0.15, 0.2) is 0 Å². The van der Waals surface area contributed by atoms with Gasteiger partial charge in [-0.25, -0.2) is 0 Å². The van der Waals surface area contributed by atoms with E-state index >= 15 is 0 Å². The SMILES string of the molecule is CCN1CCC(N(C)C(=O)CCc2nc(-c3ccc(OC)cc3)no2)CC1. The fraction of sp³-hybridized carbons (Fsp3) is 0.550. The van der Waals surface area contributed by atoms with Gasteiger partial charge in [-0.05, 0) is 43.7 Å². The lowest BCUT2D eigenvalue weighted by molar-refractivity contribution is -0.132. The number of methoxy groups -OCH3 is 1. The first kappa shape index (κ1) is 19.4. The third-order valence-electron chi connectivity index (χ3n) is 5.31. The number of hydrogen-bond donors (Lipinski definition) is 0. The van der Waals surface area contributed by atoms with Crippen LogP contribution in [0.5, 0.6) is 5.75 Å². The number of piperidine rings is 1. The molecular weight excluding hydrogens is 344 g/mol. The largest absolute Gasteiger partial charge is 0.497 e. The molecule has 27 heavy (non-hydrogen) atoms. The number of hydrogen-bond acceptors (Lipinski definition) is 6. The van der Waals surface area contributed by atoms with Gasteiger partial charge in [-0.1, -0.05) is 12.1 Å². The molecule has 1 aromatic heterocycles. The van der Waals surface area contributed by atoms with E-state index in [4.69, 9.17) is 9.26 Å². The first-order valence-electron chi connectivity index (χ1n) is 9.55. The highest BCUT2D eigenvalue weighted by molar-refractivity contribution is 5.76. The molecule has 0 radical (unpaired) electrons. The van der Waals surface area contributed by atoms with Gasteiger partial charge in [0.05, 0.1) is 7.11 Å². The molecule has 1 saturated heterocycles. The summed E-state index contributed by atoms with van der Waals surface area (Å²) in [6, 6.07) is 7.81. The molecule has 2 aromatic rings. The van der Waals surface area contributed by atoms with Crippen molar-refractivity contribution in [1.29, 1.82) is 0 Å². The van der Waals surface area contributed by atoms with Gasteiger partial charge in [0.2, 0.25) is 17.6 Å². The van der Waals surface area contributed by atoms with E-state index < -0.39 is 0 Å². The summed E-state index contributed by atoms with van der Waals surface area (Å²) in [6.45, 7) is 5.39. The Balaban J connectivity index is 1.51. The number of carbonyl (C=O) groups excluding carboxylic acids is 1. The number of nitrogens with zero attached hydrogens (tertiary/aromatic N) is 4. The van der Waals surface area contributed by atoms with E-state index in [1.54, 1.807) is 7.11 Å². The van der Waals surface area contributed by atoms with Crippen molar-refractivity contribution in [3.05, 3.63) is 30.2 Å². The predicted molar refractivity (Wildman–Crippen MR) is 103 cm³/mol. The monoisotopic (exact) mass is 372 g/mol. The lowest BCUT2D eigenvalue weighted by atomic mass is 10.0. The molecule has 7 nitrogen and oxygen atoms in total. The Labute approximate surface area is 160 Å². The van der Waals surface area contributed by atoms with Crippen molar-refractivity contribution in [3.8, 4) is 17.1 Å². The van der Waals surface area contributed by atoms with E-state index in [9.17, 15) is 4.79 Å². The highest BCUT2D eigenvalue weighted by Gasteiger charge is 2.24. The van der Waals surface area contributed by atoms with Crippen molar-refractivity contribution in [2.45, 2.75) is 38.6 Å². The van der Waals surface area contributed by atoms with Crippen LogP contribution in [0.3, 0.4) is 0 Å². The molecule has 1 fully saturated rings. The zero-order valence-electron chi connectivity index (χ0n) is 16.4. The lowest BCUT2D eigenvalue weighted by Crippen LogP contribution is -2.45. The van der Waals surface area contributed by atoms with Gasteiger partial charge >= 0.3 is 0 Å². The maximum Gasteiger partial charge on any atom is 0.227 e. The second kappa shape index (κ2) is 8.99. The fourth-order valence-electron chi connectivity index (χ4n) is 3.43. The quantitative estimate of drug-likeness (QED) is 0.744. The molecule has 0 saturated carbocycles. The number of rotatable bonds is 7. The Morgan fingerprint density at radius 1 is 1.30 bits per heavy atom. The van der Waals surface area contributed by atoms with Crippen molar-refractivity contribution in [3.63, 3.8) is 0 Å². The Kier molecular flexibility index (Phi) is 6.45. The second-order valence-electron chi connectivity index (χ2n) is 6.91. The van der Waals surface area contributed by atoms with E-state index in [1.165, 1.54) is 0 Å². The lowest BCUT2D eigenvalue weighted by Gasteiger charge is -2.36. The van der Waals surface area contributed by atoms with Crippen LogP contribution in [0.25, 0.3) is 11.4 Å². The van der Waals surface area contributed by atoms with Gasteiger partial charge in [0.25, 0.3) is 0 Å².